The Kier molecular flexibility index (Phi) is 6.91. The second-order valence-corrected chi connectivity index (χ2v) is 6.17. The van der Waals surface area contributed by atoms with Gasteiger partial charge in [0.15, 0.2) is 6.61 Å². The van der Waals surface area contributed by atoms with E-state index in [0.29, 0.717) is 24.6 Å². The van der Waals surface area contributed by atoms with E-state index in [1.165, 1.54) is 25.7 Å². The van der Waals surface area contributed by atoms with E-state index in [0.717, 1.165) is 18.4 Å². The third-order valence-electron chi connectivity index (χ3n) is 4.20. The Balaban J connectivity index is 1.76. The van der Waals surface area contributed by atoms with Crippen molar-refractivity contribution in [2.24, 2.45) is 5.92 Å². The summed E-state index contributed by atoms with van der Waals surface area (Å²) in [5.74, 6) is 0.103. The fourth-order valence-corrected chi connectivity index (χ4v) is 2.99. The predicted octanol–water partition coefficient (Wildman–Crippen LogP) is 3.13. The van der Waals surface area contributed by atoms with Crippen molar-refractivity contribution in [1.82, 2.24) is 5.32 Å². The van der Waals surface area contributed by atoms with Crippen molar-refractivity contribution in [2.45, 2.75) is 51.5 Å². The van der Waals surface area contributed by atoms with Crippen LogP contribution in [0.2, 0.25) is 0 Å². The fourth-order valence-electron chi connectivity index (χ4n) is 2.99. The van der Waals surface area contributed by atoms with Crippen LogP contribution in [0.15, 0.2) is 24.3 Å². The molecule has 0 unspecified atom stereocenters. The standard InChI is InChI=1S/C18H25NO4/c20-17(11-14-6-3-1-2-4-7-14)19-12-15-8-5-9-16(10-15)23-13-18(21)22/h5,8-10,14H,1-4,6-7,11-13H2,(H,19,20)(H,21,22). The van der Waals surface area contributed by atoms with Gasteiger partial charge in [-0.05, 0) is 36.5 Å². The number of hydrogen-bond donors (Lipinski definition) is 2. The Bertz CT molecular complexity index is 522. The molecular weight excluding hydrogens is 294 g/mol. The van der Waals surface area contributed by atoms with Crippen LogP contribution in [-0.2, 0) is 16.1 Å². The molecule has 0 saturated heterocycles. The van der Waals surface area contributed by atoms with Crippen LogP contribution < -0.4 is 10.1 Å². The van der Waals surface area contributed by atoms with Gasteiger partial charge in [-0.2, -0.15) is 0 Å². The second-order valence-electron chi connectivity index (χ2n) is 6.17. The number of hydrogen-bond acceptors (Lipinski definition) is 3. The van der Waals surface area contributed by atoms with Gasteiger partial charge in [0.25, 0.3) is 0 Å². The van der Waals surface area contributed by atoms with Crippen LogP contribution in [0.3, 0.4) is 0 Å². The average Bonchev–Trinajstić information content (AvgIpc) is 2.80. The Hall–Kier alpha value is -2.04. The molecule has 0 heterocycles. The van der Waals surface area contributed by atoms with E-state index in [1.54, 1.807) is 18.2 Å². The summed E-state index contributed by atoms with van der Waals surface area (Å²) in [5.41, 5.74) is 0.905. The molecule has 1 amide bonds. The highest BCUT2D eigenvalue weighted by atomic mass is 16.5. The molecule has 0 bridgehead atoms. The molecule has 1 aliphatic rings. The molecule has 0 radical (unpaired) electrons. The van der Waals surface area contributed by atoms with Crippen LogP contribution in [0, 0.1) is 5.92 Å². The van der Waals surface area contributed by atoms with Crippen LogP contribution in [0.25, 0.3) is 0 Å². The molecule has 0 spiro atoms. The van der Waals surface area contributed by atoms with Crippen molar-refractivity contribution < 1.29 is 19.4 Å². The van der Waals surface area contributed by atoms with E-state index in [-0.39, 0.29) is 12.5 Å². The Morgan fingerprint density at radius 2 is 1.91 bits per heavy atom. The molecule has 1 aromatic carbocycles. The zero-order chi connectivity index (χ0) is 16.5. The molecular formula is C18H25NO4. The minimum Gasteiger partial charge on any atom is -0.482 e. The lowest BCUT2D eigenvalue weighted by atomic mass is 9.96. The maximum atomic E-state index is 12.1. The number of carbonyl (C=O) groups excluding carboxylic acids is 1. The fraction of sp³-hybridized carbons (Fsp3) is 0.556. The number of ether oxygens (including phenoxy) is 1. The lowest BCUT2D eigenvalue weighted by Gasteiger charge is -2.14. The highest BCUT2D eigenvalue weighted by molar-refractivity contribution is 5.76. The number of benzene rings is 1. The van der Waals surface area contributed by atoms with Gasteiger partial charge in [-0.1, -0.05) is 37.8 Å². The van der Waals surface area contributed by atoms with Crippen LogP contribution in [-0.4, -0.2) is 23.6 Å². The number of amides is 1. The summed E-state index contributed by atoms with van der Waals surface area (Å²) in [7, 11) is 0. The normalized spacial score (nSPS) is 15.7. The van der Waals surface area contributed by atoms with Gasteiger partial charge < -0.3 is 15.2 Å². The van der Waals surface area contributed by atoms with Crippen LogP contribution in [0.4, 0.5) is 0 Å². The van der Waals surface area contributed by atoms with Crippen molar-refractivity contribution >= 4 is 11.9 Å². The first-order valence-electron chi connectivity index (χ1n) is 8.33. The lowest BCUT2D eigenvalue weighted by Crippen LogP contribution is -2.25. The monoisotopic (exact) mass is 319 g/mol. The third-order valence-corrected chi connectivity index (χ3v) is 4.20. The molecule has 1 aromatic rings. The Morgan fingerprint density at radius 3 is 2.61 bits per heavy atom. The first-order chi connectivity index (χ1) is 11.1. The molecule has 0 atom stereocenters. The molecule has 1 aliphatic carbocycles. The highest BCUT2D eigenvalue weighted by Gasteiger charge is 2.15. The second kappa shape index (κ2) is 9.18. The van der Waals surface area contributed by atoms with E-state index in [2.05, 4.69) is 5.32 Å². The quantitative estimate of drug-likeness (QED) is 0.757. The summed E-state index contributed by atoms with van der Waals surface area (Å²) >= 11 is 0. The van der Waals surface area contributed by atoms with Crippen molar-refractivity contribution in [3.63, 3.8) is 0 Å². The Morgan fingerprint density at radius 1 is 1.17 bits per heavy atom. The van der Waals surface area contributed by atoms with Gasteiger partial charge >= 0.3 is 5.97 Å². The summed E-state index contributed by atoms with van der Waals surface area (Å²) in [4.78, 5) is 22.6. The van der Waals surface area contributed by atoms with Crippen LogP contribution in [0.5, 0.6) is 5.75 Å². The smallest absolute Gasteiger partial charge is 0.341 e. The number of carboxylic acid groups (broad SMARTS) is 1. The summed E-state index contributed by atoms with van der Waals surface area (Å²) in [5, 5.41) is 11.6. The first kappa shape index (κ1) is 17.3. The van der Waals surface area contributed by atoms with Gasteiger partial charge in [0.1, 0.15) is 5.75 Å². The van der Waals surface area contributed by atoms with Crippen molar-refractivity contribution in [3.05, 3.63) is 29.8 Å². The molecule has 5 heteroatoms. The van der Waals surface area contributed by atoms with Crippen LogP contribution >= 0.6 is 0 Å². The van der Waals surface area contributed by atoms with Gasteiger partial charge in [0.05, 0.1) is 0 Å². The van der Waals surface area contributed by atoms with Crippen molar-refractivity contribution in [1.29, 1.82) is 0 Å². The topological polar surface area (TPSA) is 75.6 Å². The number of nitrogens with one attached hydrogen (secondary N) is 1. The number of carbonyl (C=O) groups is 2. The molecule has 0 aromatic heterocycles. The molecule has 2 rings (SSSR count). The third kappa shape index (κ3) is 6.72. The minimum atomic E-state index is -1.01. The van der Waals surface area contributed by atoms with E-state index in [9.17, 15) is 9.59 Å². The Labute approximate surface area is 137 Å². The lowest BCUT2D eigenvalue weighted by molar-refractivity contribution is -0.139. The molecule has 126 valence electrons. The van der Waals surface area contributed by atoms with E-state index < -0.39 is 5.97 Å². The summed E-state index contributed by atoms with van der Waals surface area (Å²) in [6.45, 7) is 0.0767. The van der Waals surface area contributed by atoms with Gasteiger partial charge in [0, 0.05) is 13.0 Å². The van der Waals surface area contributed by atoms with E-state index in [1.807, 2.05) is 6.07 Å². The van der Waals surface area contributed by atoms with E-state index >= 15 is 0 Å². The maximum absolute atomic E-state index is 12.1. The summed E-state index contributed by atoms with van der Waals surface area (Å²) < 4.78 is 5.14. The zero-order valence-corrected chi connectivity index (χ0v) is 13.4. The molecule has 1 fully saturated rings. The molecule has 2 N–H and O–H groups in total. The summed E-state index contributed by atoms with van der Waals surface area (Å²) in [6.07, 6.45) is 7.98. The van der Waals surface area contributed by atoms with Gasteiger partial charge in [-0.15, -0.1) is 0 Å². The van der Waals surface area contributed by atoms with Gasteiger partial charge in [0.2, 0.25) is 5.91 Å². The van der Waals surface area contributed by atoms with Crippen LogP contribution in [0.1, 0.15) is 50.5 Å². The molecule has 5 nitrogen and oxygen atoms in total. The molecule has 23 heavy (non-hydrogen) atoms. The van der Waals surface area contributed by atoms with Crippen molar-refractivity contribution in [3.8, 4) is 5.75 Å². The number of carboxylic acids is 1. The zero-order valence-electron chi connectivity index (χ0n) is 13.4. The van der Waals surface area contributed by atoms with E-state index in [4.69, 9.17) is 9.84 Å². The van der Waals surface area contributed by atoms with Crippen molar-refractivity contribution in [2.75, 3.05) is 6.61 Å². The molecule has 0 aliphatic heterocycles. The maximum Gasteiger partial charge on any atom is 0.341 e. The largest absolute Gasteiger partial charge is 0.482 e. The van der Waals surface area contributed by atoms with Gasteiger partial charge in [-0.3, -0.25) is 4.79 Å². The molecule has 1 saturated carbocycles. The highest BCUT2D eigenvalue weighted by Crippen LogP contribution is 2.25. The number of rotatable bonds is 7. The first-order valence-corrected chi connectivity index (χ1v) is 8.33. The number of aliphatic carboxylic acids is 1. The average molecular weight is 319 g/mol. The summed E-state index contributed by atoms with van der Waals surface area (Å²) in [6, 6.07) is 7.15. The SMILES string of the molecule is O=C(O)COc1cccc(CNC(=O)CC2CCCCCC2)c1. The predicted molar refractivity (Wildman–Crippen MR) is 87.2 cm³/mol. The van der Waals surface area contributed by atoms with Gasteiger partial charge in [-0.25, -0.2) is 4.79 Å². The minimum absolute atomic E-state index is 0.0914.